The topological polar surface area (TPSA) is 12.4 Å². The zero-order valence-corrected chi connectivity index (χ0v) is 24.3. The minimum Gasteiger partial charge on any atom is -0.263 e. The zero-order valence-electron chi connectivity index (χ0n) is 24.3. The third-order valence-electron chi connectivity index (χ3n) is 5.75. The van der Waals surface area contributed by atoms with E-state index in [9.17, 15) is 4.39 Å². The average Bonchev–Trinajstić information content (AvgIpc) is 2.90. The van der Waals surface area contributed by atoms with Crippen molar-refractivity contribution in [3.63, 3.8) is 0 Å². The molecule has 0 unspecified atom stereocenters. The predicted molar refractivity (Wildman–Crippen MR) is 166 cm³/mol. The summed E-state index contributed by atoms with van der Waals surface area (Å²) in [5, 5.41) is 0. The molecule has 0 aliphatic heterocycles. The molecular formula is C36H46FN. The van der Waals surface area contributed by atoms with Gasteiger partial charge in [-0.15, -0.1) is 13.2 Å². The summed E-state index contributed by atoms with van der Waals surface area (Å²) in [4.78, 5) is 4.98. The lowest BCUT2D eigenvalue weighted by Gasteiger charge is -2.24. The molecule has 0 saturated carbocycles. The highest BCUT2D eigenvalue weighted by molar-refractivity contribution is 5.80. The number of rotatable bonds is 9. The van der Waals surface area contributed by atoms with Crippen LogP contribution in [-0.4, -0.2) is 5.71 Å². The molecule has 0 fully saturated rings. The molecule has 0 bridgehead atoms. The average molecular weight is 512 g/mol. The van der Waals surface area contributed by atoms with Gasteiger partial charge in [0.2, 0.25) is 0 Å². The Bertz CT molecular complexity index is 1070. The maximum Gasteiger partial charge on any atom is 0.123 e. The van der Waals surface area contributed by atoms with Crippen LogP contribution in [0.2, 0.25) is 0 Å². The fourth-order valence-electron chi connectivity index (χ4n) is 4.11. The number of hydrogen-bond donors (Lipinski definition) is 0. The molecule has 0 aromatic heterocycles. The van der Waals surface area contributed by atoms with E-state index >= 15 is 0 Å². The molecule has 0 saturated heterocycles. The largest absolute Gasteiger partial charge is 0.263 e. The first-order valence-electron chi connectivity index (χ1n) is 13.5. The number of halogens is 1. The van der Waals surface area contributed by atoms with E-state index in [1.807, 2.05) is 13.8 Å². The molecule has 0 amide bonds. The Morgan fingerprint density at radius 3 is 1.68 bits per heavy atom. The van der Waals surface area contributed by atoms with Gasteiger partial charge in [-0.3, -0.25) is 4.99 Å². The SMILES string of the molecule is C=C(C)CCC/C(N=C(C)C)=C(\CC)C(c1ccccc1)c1ccccc1.C=CC.Cc1ccc(F)cc1. The molecule has 0 atom stereocenters. The molecule has 2 heteroatoms. The summed E-state index contributed by atoms with van der Waals surface area (Å²) in [6.07, 6.45) is 5.90. The molecule has 38 heavy (non-hydrogen) atoms. The van der Waals surface area contributed by atoms with E-state index in [4.69, 9.17) is 4.99 Å². The number of nitrogens with zero attached hydrogens (tertiary/aromatic N) is 1. The van der Waals surface area contributed by atoms with Gasteiger partial charge < -0.3 is 0 Å². The number of aryl methyl sites for hydroxylation is 1. The van der Waals surface area contributed by atoms with Crippen molar-refractivity contribution in [1.82, 2.24) is 0 Å². The monoisotopic (exact) mass is 511 g/mol. The third-order valence-corrected chi connectivity index (χ3v) is 5.75. The highest BCUT2D eigenvalue weighted by Crippen LogP contribution is 2.37. The highest BCUT2D eigenvalue weighted by Gasteiger charge is 2.21. The predicted octanol–water partition coefficient (Wildman–Crippen LogP) is 11.0. The van der Waals surface area contributed by atoms with Crippen molar-refractivity contribution in [2.45, 2.75) is 73.1 Å². The fraction of sp³-hybridized carbons (Fsp3) is 0.306. The second-order valence-electron chi connectivity index (χ2n) is 9.65. The molecule has 3 aromatic carbocycles. The lowest BCUT2D eigenvalue weighted by molar-refractivity contribution is 0.627. The van der Waals surface area contributed by atoms with Crippen LogP contribution in [0.15, 0.2) is 126 Å². The summed E-state index contributed by atoms with van der Waals surface area (Å²) in [6.45, 7) is 19.8. The first-order valence-corrected chi connectivity index (χ1v) is 13.5. The van der Waals surface area contributed by atoms with Crippen molar-refractivity contribution in [3.8, 4) is 0 Å². The van der Waals surface area contributed by atoms with Crippen LogP contribution in [0, 0.1) is 12.7 Å². The molecule has 0 radical (unpaired) electrons. The maximum absolute atomic E-state index is 12.1. The first-order chi connectivity index (χ1) is 18.2. The van der Waals surface area contributed by atoms with Gasteiger partial charge in [0.25, 0.3) is 0 Å². The summed E-state index contributed by atoms with van der Waals surface area (Å²) in [6, 6.07) is 28.1. The second kappa shape index (κ2) is 18.7. The summed E-state index contributed by atoms with van der Waals surface area (Å²) >= 11 is 0. The van der Waals surface area contributed by atoms with Crippen LogP contribution in [-0.2, 0) is 0 Å². The molecular weight excluding hydrogens is 465 g/mol. The van der Waals surface area contributed by atoms with E-state index in [-0.39, 0.29) is 11.7 Å². The summed E-state index contributed by atoms with van der Waals surface area (Å²) < 4.78 is 12.1. The minimum atomic E-state index is -0.171. The Labute approximate surface area is 231 Å². The second-order valence-corrected chi connectivity index (χ2v) is 9.65. The number of allylic oxidation sites excluding steroid dienone is 4. The standard InChI is InChI=1S/C26H33N.C7H7F.C3H6/c1-6-24(25(27-21(4)5)19-13-14-20(2)3)26(22-15-9-7-10-16-22)23-17-11-8-12-18-23;1-6-2-4-7(8)5-3-6;1-3-2/h7-12,15-18,26H,2,6,13-14,19H2,1,3-5H3;2-5H,1H3;3H,1H2,2H3/b25-24-;;. The van der Waals surface area contributed by atoms with E-state index in [2.05, 4.69) is 102 Å². The van der Waals surface area contributed by atoms with Gasteiger partial charge in [-0.1, -0.05) is 96.9 Å². The Hall–Kier alpha value is -3.52. The Morgan fingerprint density at radius 1 is 0.842 bits per heavy atom. The van der Waals surface area contributed by atoms with Crippen molar-refractivity contribution < 1.29 is 4.39 Å². The summed E-state index contributed by atoms with van der Waals surface area (Å²) in [5.74, 6) is 0.0796. The highest BCUT2D eigenvalue weighted by atomic mass is 19.1. The molecule has 3 aromatic rings. The van der Waals surface area contributed by atoms with Crippen molar-refractivity contribution in [2.24, 2.45) is 4.99 Å². The molecule has 0 aliphatic carbocycles. The van der Waals surface area contributed by atoms with Crippen LogP contribution in [0.25, 0.3) is 0 Å². The van der Waals surface area contributed by atoms with Crippen molar-refractivity contribution in [1.29, 1.82) is 0 Å². The first kappa shape index (κ1) is 32.5. The summed E-state index contributed by atoms with van der Waals surface area (Å²) in [7, 11) is 0. The van der Waals surface area contributed by atoms with Crippen molar-refractivity contribution in [2.75, 3.05) is 0 Å². The van der Waals surface area contributed by atoms with Gasteiger partial charge >= 0.3 is 0 Å². The normalized spacial score (nSPS) is 10.7. The van der Waals surface area contributed by atoms with Crippen LogP contribution in [0.3, 0.4) is 0 Å². The Balaban J connectivity index is 0.000000545. The maximum atomic E-state index is 12.1. The van der Waals surface area contributed by atoms with Crippen molar-refractivity contribution >= 4 is 5.71 Å². The van der Waals surface area contributed by atoms with Crippen LogP contribution in [0.4, 0.5) is 4.39 Å². The number of aliphatic imine (C=N–C) groups is 1. The van der Waals surface area contributed by atoms with Gasteiger partial charge in [0.1, 0.15) is 5.82 Å². The van der Waals surface area contributed by atoms with Crippen LogP contribution in [0.1, 0.15) is 82.9 Å². The molecule has 3 rings (SSSR count). The molecule has 0 aliphatic rings. The molecule has 0 spiro atoms. The van der Waals surface area contributed by atoms with Gasteiger partial charge in [0.15, 0.2) is 0 Å². The van der Waals surface area contributed by atoms with E-state index in [1.165, 1.54) is 40.1 Å². The molecule has 0 heterocycles. The number of hydrogen-bond acceptors (Lipinski definition) is 1. The Morgan fingerprint density at radius 2 is 1.32 bits per heavy atom. The van der Waals surface area contributed by atoms with E-state index in [1.54, 1.807) is 18.2 Å². The lowest BCUT2D eigenvalue weighted by Crippen LogP contribution is -2.08. The molecule has 0 N–H and O–H groups in total. The molecule has 1 nitrogen and oxygen atoms in total. The fourth-order valence-corrected chi connectivity index (χ4v) is 4.11. The van der Waals surface area contributed by atoms with E-state index in [0.29, 0.717) is 0 Å². The van der Waals surface area contributed by atoms with E-state index in [0.717, 1.165) is 37.0 Å². The van der Waals surface area contributed by atoms with Gasteiger partial charge in [-0.25, -0.2) is 4.39 Å². The van der Waals surface area contributed by atoms with Gasteiger partial charge in [0, 0.05) is 17.3 Å². The van der Waals surface area contributed by atoms with Gasteiger partial charge in [-0.05, 0) is 89.1 Å². The van der Waals surface area contributed by atoms with Crippen LogP contribution in [0.5, 0.6) is 0 Å². The summed E-state index contributed by atoms with van der Waals surface area (Å²) in [5.41, 5.74) is 8.79. The van der Waals surface area contributed by atoms with E-state index < -0.39 is 0 Å². The van der Waals surface area contributed by atoms with Crippen LogP contribution >= 0.6 is 0 Å². The van der Waals surface area contributed by atoms with Gasteiger partial charge in [0.05, 0.1) is 0 Å². The zero-order chi connectivity index (χ0) is 28.3. The number of benzene rings is 3. The third kappa shape index (κ3) is 12.6. The Kier molecular flexibility index (Phi) is 16.0. The smallest absolute Gasteiger partial charge is 0.123 e. The van der Waals surface area contributed by atoms with Crippen LogP contribution < -0.4 is 0 Å². The quantitative estimate of drug-likeness (QED) is 0.200. The van der Waals surface area contributed by atoms with Crippen molar-refractivity contribution in [3.05, 3.63) is 144 Å². The molecule has 202 valence electrons. The lowest BCUT2D eigenvalue weighted by atomic mass is 9.82. The minimum absolute atomic E-state index is 0.171. The van der Waals surface area contributed by atoms with Gasteiger partial charge in [-0.2, -0.15) is 0 Å².